The second kappa shape index (κ2) is 13.3. The van der Waals surface area contributed by atoms with Crippen molar-refractivity contribution < 1.29 is 23.7 Å². The molecule has 1 saturated heterocycles. The lowest BCUT2D eigenvalue weighted by Gasteiger charge is -2.37. The summed E-state index contributed by atoms with van der Waals surface area (Å²) in [6.07, 6.45) is -1.61. The Labute approximate surface area is 271 Å². The molecule has 9 nitrogen and oxygen atoms in total. The third-order valence-electron chi connectivity index (χ3n) is 8.60. The van der Waals surface area contributed by atoms with Crippen molar-refractivity contribution in [2.45, 2.75) is 36.8 Å². The highest BCUT2D eigenvalue weighted by Crippen LogP contribution is 2.41. The first-order valence-electron chi connectivity index (χ1n) is 15.4. The van der Waals surface area contributed by atoms with Gasteiger partial charge in [0.05, 0.1) is 26.7 Å². The van der Waals surface area contributed by atoms with Gasteiger partial charge in [0.15, 0.2) is 29.4 Å². The van der Waals surface area contributed by atoms with E-state index < -0.39 is 36.8 Å². The number of anilines is 1. The van der Waals surface area contributed by atoms with Gasteiger partial charge in [-0.05, 0) is 34.4 Å². The number of methoxy groups -OCH3 is 1. The number of rotatable bonds is 11. The van der Waals surface area contributed by atoms with E-state index in [-0.39, 0.29) is 6.61 Å². The smallest absolute Gasteiger partial charge is 0.167 e. The van der Waals surface area contributed by atoms with Crippen LogP contribution >= 0.6 is 0 Å². The van der Waals surface area contributed by atoms with Crippen molar-refractivity contribution in [2.24, 2.45) is 0 Å². The van der Waals surface area contributed by atoms with Crippen LogP contribution in [0.15, 0.2) is 128 Å². The quantitative estimate of drug-likeness (QED) is 0.167. The largest absolute Gasteiger partial charge is 0.497 e. The maximum absolute atomic E-state index is 15.7. The zero-order valence-corrected chi connectivity index (χ0v) is 25.7. The zero-order valence-electron chi connectivity index (χ0n) is 25.7. The van der Waals surface area contributed by atoms with Gasteiger partial charge in [0.1, 0.15) is 29.8 Å². The third kappa shape index (κ3) is 5.71. The molecule has 3 heterocycles. The van der Waals surface area contributed by atoms with Crippen molar-refractivity contribution in [3.8, 4) is 5.75 Å². The van der Waals surface area contributed by atoms with E-state index in [4.69, 9.17) is 19.2 Å². The summed E-state index contributed by atoms with van der Waals surface area (Å²) in [7, 11) is 1.60. The molecular formula is C37H34FN5O4. The third-order valence-corrected chi connectivity index (χ3v) is 8.60. The summed E-state index contributed by atoms with van der Waals surface area (Å²) in [5.74, 6) is 1.19. The molecule has 1 fully saturated rings. The van der Waals surface area contributed by atoms with Crippen LogP contribution in [0.3, 0.4) is 0 Å². The van der Waals surface area contributed by atoms with E-state index in [9.17, 15) is 5.11 Å². The number of hydrogen-bond donors (Lipinski definition) is 2. The van der Waals surface area contributed by atoms with Crippen LogP contribution in [0.25, 0.3) is 11.2 Å². The van der Waals surface area contributed by atoms with Gasteiger partial charge in [0.2, 0.25) is 0 Å². The SMILES string of the molecule is COc1ccc(CO[C@@H]2[C@H](F)[C@@H](CO)O[C@H]2n2cnc3c(NC(c4ccccc4)(c4ccccc4)c4ccccc4)ncnc32)cc1. The molecule has 0 unspecified atom stereocenters. The Bertz CT molecular complexity index is 1810. The van der Waals surface area contributed by atoms with Gasteiger partial charge in [-0.2, -0.15) is 0 Å². The Morgan fingerprint density at radius 3 is 1.98 bits per heavy atom. The van der Waals surface area contributed by atoms with Crippen LogP contribution in [0.2, 0.25) is 0 Å². The molecule has 2 aromatic heterocycles. The Morgan fingerprint density at radius 1 is 0.830 bits per heavy atom. The van der Waals surface area contributed by atoms with E-state index in [0.29, 0.717) is 22.7 Å². The molecule has 4 aromatic carbocycles. The minimum absolute atomic E-state index is 0.134. The van der Waals surface area contributed by atoms with E-state index in [1.54, 1.807) is 18.0 Å². The minimum Gasteiger partial charge on any atom is -0.497 e. The molecule has 0 bridgehead atoms. The molecule has 0 spiro atoms. The van der Waals surface area contributed by atoms with Gasteiger partial charge < -0.3 is 24.6 Å². The summed E-state index contributed by atoms with van der Waals surface area (Å²) in [6, 6.07) is 37.9. The number of benzene rings is 4. The summed E-state index contributed by atoms with van der Waals surface area (Å²) in [5, 5.41) is 13.7. The van der Waals surface area contributed by atoms with Crippen molar-refractivity contribution >= 4 is 17.0 Å². The fraction of sp³-hybridized carbons (Fsp3) is 0.216. The number of aliphatic hydroxyl groups is 1. The van der Waals surface area contributed by atoms with E-state index in [0.717, 1.165) is 22.3 Å². The van der Waals surface area contributed by atoms with Crippen LogP contribution in [0, 0.1) is 0 Å². The number of alkyl halides is 1. The van der Waals surface area contributed by atoms with Gasteiger partial charge in [-0.15, -0.1) is 0 Å². The Kier molecular flexibility index (Phi) is 8.62. The van der Waals surface area contributed by atoms with Crippen molar-refractivity contribution in [1.29, 1.82) is 0 Å². The van der Waals surface area contributed by atoms with Crippen LogP contribution in [-0.2, 0) is 21.6 Å². The number of aromatic nitrogens is 4. The normalized spacial score (nSPS) is 19.6. The van der Waals surface area contributed by atoms with E-state index in [1.807, 2.05) is 78.9 Å². The second-order valence-corrected chi connectivity index (χ2v) is 11.3. The predicted octanol–water partition coefficient (Wildman–Crippen LogP) is 6.05. The summed E-state index contributed by atoms with van der Waals surface area (Å²) in [5.41, 5.74) is 3.89. The molecule has 1 aliphatic rings. The number of imidazole rings is 1. The Hall–Kier alpha value is -5.16. The van der Waals surface area contributed by atoms with Crippen molar-refractivity contribution in [3.05, 3.63) is 150 Å². The fourth-order valence-corrected chi connectivity index (χ4v) is 6.24. The zero-order chi connectivity index (χ0) is 32.2. The molecule has 7 rings (SSSR count). The molecule has 4 atom stereocenters. The molecule has 2 N–H and O–H groups in total. The number of aliphatic hydroxyl groups excluding tert-OH is 1. The van der Waals surface area contributed by atoms with E-state index in [2.05, 4.69) is 51.7 Å². The summed E-state index contributed by atoms with van der Waals surface area (Å²) in [6.45, 7) is -0.364. The summed E-state index contributed by atoms with van der Waals surface area (Å²) >= 11 is 0. The predicted molar refractivity (Wildman–Crippen MR) is 176 cm³/mol. The van der Waals surface area contributed by atoms with Crippen molar-refractivity contribution in [3.63, 3.8) is 0 Å². The average Bonchev–Trinajstić information content (AvgIpc) is 3.71. The van der Waals surface area contributed by atoms with Gasteiger partial charge in [-0.3, -0.25) is 4.57 Å². The topological polar surface area (TPSA) is 104 Å². The molecular weight excluding hydrogens is 597 g/mol. The molecule has 238 valence electrons. The van der Waals surface area contributed by atoms with Crippen LogP contribution in [0.5, 0.6) is 5.75 Å². The highest BCUT2D eigenvalue weighted by atomic mass is 19.1. The molecule has 0 amide bonds. The van der Waals surface area contributed by atoms with E-state index >= 15 is 4.39 Å². The highest BCUT2D eigenvalue weighted by Gasteiger charge is 2.47. The monoisotopic (exact) mass is 631 g/mol. The van der Waals surface area contributed by atoms with Crippen molar-refractivity contribution in [1.82, 2.24) is 19.5 Å². The molecule has 10 heteroatoms. The van der Waals surface area contributed by atoms with Crippen LogP contribution < -0.4 is 10.1 Å². The maximum atomic E-state index is 15.7. The van der Waals surface area contributed by atoms with Crippen LogP contribution in [0.4, 0.5) is 10.2 Å². The molecule has 6 aromatic rings. The van der Waals surface area contributed by atoms with Gasteiger partial charge >= 0.3 is 0 Å². The molecule has 0 aliphatic carbocycles. The first-order valence-corrected chi connectivity index (χ1v) is 15.4. The first kappa shape index (κ1) is 30.5. The lowest BCUT2D eigenvalue weighted by molar-refractivity contribution is -0.0741. The fourth-order valence-electron chi connectivity index (χ4n) is 6.24. The number of ether oxygens (including phenoxy) is 3. The lowest BCUT2D eigenvalue weighted by atomic mass is 9.77. The van der Waals surface area contributed by atoms with E-state index in [1.165, 1.54) is 6.33 Å². The lowest BCUT2D eigenvalue weighted by Crippen LogP contribution is -2.38. The van der Waals surface area contributed by atoms with Gasteiger partial charge in [0, 0.05) is 0 Å². The van der Waals surface area contributed by atoms with Crippen molar-refractivity contribution in [2.75, 3.05) is 19.0 Å². The highest BCUT2D eigenvalue weighted by molar-refractivity contribution is 5.84. The summed E-state index contributed by atoms with van der Waals surface area (Å²) < 4.78 is 34.7. The molecule has 0 saturated carbocycles. The second-order valence-electron chi connectivity index (χ2n) is 11.3. The number of halogens is 1. The van der Waals surface area contributed by atoms with Gasteiger partial charge in [0.25, 0.3) is 0 Å². The number of hydrogen-bond acceptors (Lipinski definition) is 8. The number of nitrogens with one attached hydrogen (secondary N) is 1. The Balaban J connectivity index is 1.29. The molecule has 0 radical (unpaired) electrons. The molecule has 1 aliphatic heterocycles. The van der Waals surface area contributed by atoms with Gasteiger partial charge in [-0.25, -0.2) is 19.3 Å². The van der Waals surface area contributed by atoms with Gasteiger partial charge in [-0.1, -0.05) is 103 Å². The maximum Gasteiger partial charge on any atom is 0.167 e. The van der Waals surface area contributed by atoms with Crippen LogP contribution in [0.1, 0.15) is 28.5 Å². The minimum atomic E-state index is -1.58. The molecule has 47 heavy (non-hydrogen) atoms. The Morgan fingerprint density at radius 2 is 1.43 bits per heavy atom. The summed E-state index contributed by atoms with van der Waals surface area (Å²) in [4.78, 5) is 13.9. The first-order chi connectivity index (χ1) is 23.1. The number of fused-ring (bicyclic) bond motifs is 1. The number of nitrogens with zero attached hydrogens (tertiary/aromatic N) is 4. The average molecular weight is 632 g/mol. The standard InChI is InChI=1S/C37H34FN5O4/c1-45-29-19-17-25(18-20-29)22-46-33-31(38)30(21-44)47-36(33)43-24-41-32-34(39-23-40-35(32)43)42-37(26-11-5-2-6-12-26,27-13-7-3-8-14-27)28-15-9-4-10-16-28/h2-20,23-24,30-31,33,36,44H,21-22H2,1H3,(H,39,40,42)/t30-,31-,33-,36-/m1/s1. The van der Waals surface area contributed by atoms with Crippen LogP contribution in [-0.4, -0.2) is 56.7 Å².